The first kappa shape index (κ1) is 8.69. The Balaban J connectivity index is 2.95. The van der Waals surface area contributed by atoms with E-state index in [-0.39, 0.29) is 0 Å². The van der Waals surface area contributed by atoms with Gasteiger partial charge in [-0.3, -0.25) is 4.79 Å². The van der Waals surface area contributed by atoms with Crippen molar-refractivity contribution in [1.29, 1.82) is 0 Å². The average Bonchev–Trinajstić information content (AvgIpc) is 2.17. The van der Waals surface area contributed by atoms with Crippen molar-refractivity contribution in [2.75, 3.05) is 0 Å². The summed E-state index contributed by atoms with van der Waals surface area (Å²) in [6.45, 7) is 1.92. The van der Waals surface area contributed by atoms with E-state index >= 15 is 0 Å². The zero-order valence-corrected chi connectivity index (χ0v) is 7.61. The van der Waals surface area contributed by atoms with Gasteiger partial charge in [-0.1, -0.05) is 11.6 Å². The van der Waals surface area contributed by atoms with Gasteiger partial charge in [0.1, 0.15) is 5.58 Å². The molecule has 1 heterocycles. The van der Waals surface area contributed by atoms with Crippen LogP contribution in [0, 0.1) is 6.92 Å². The van der Waals surface area contributed by atoms with Crippen LogP contribution in [0.3, 0.4) is 0 Å². The fourth-order valence-corrected chi connectivity index (χ4v) is 1.40. The number of aldehydes is 1. The molecule has 3 nitrogen and oxygen atoms in total. The summed E-state index contributed by atoms with van der Waals surface area (Å²) in [7, 11) is 0. The van der Waals surface area contributed by atoms with E-state index in [0.29, 0.717) is 22.8 Å². The van der Waals surface area contributed by atoms with Crippen molar-refractivity contribution in [1.82, 2.24) is 0 Å². The lowest BCUT2D eigenvalue weighted by atomic mass is 10.1. The number of carbonyl (C=O) groups is 1. The van der Waals surface area contributed by atoms with E-state index in [9.17, 15) is 9.59 Å². The van der Waals surface area contributed by atoms with E-state index in [0.717, 1.165) is 5.56 Å². The largest absolute Gasteiger partial charge is 0.423 e. The Kier molecular flexibility index (Phi) is 1.93. The van der Waals surface area contributed by atoms with Crippen LogP contribution >= 0.6 is 0 Å². The Bertz CT molecular complexity index is 552. The van der Waals surface area contributed by atoms with E-state index in [4.69, 9.17) is 4.42 Å². The number of carbonyl (C=O) groups excluding carboxylic acids is 1. The minimum Gasteiger partial charge on any atom is -0.423 e. The molecule has 0 aliphatic carbocycles. The first-order valence-electron chi connectivity index (χ1n) is 4.20. The minimum absolute atomic E-state index is 0.375. The number of rotatable bonds is 1. The molecule has 2 rings (SSSR count). The lowest BCUT2D eigenvalue weighted by Crippen LogP contribution is -1.99. The van der Waals surface area contributed by atoms with Gasteiger partial charge < -0.3 is 4.42 Å². The van der Waals surface area contributed by atoms with Crippen molar-refractivity contribution in [3.05, 3.63) is 45.8 Å². The number of hydrogen-bond donors (Lipinski definition) is 0. The van der Waals surface area contributed by atoms with Crippen molar-refractivity contribution >= 4 is 17.3 Å². The molecular weight excluding hydrogens is 180 g/mol. The Hall–Kier alpha value is -1.90. The Morgan fingerprint density at radius 2 is 2.07 bits per heavy atom. The zero-order valence-electron chi connectivity index (χ0n) is 7.61. The van der Waals surface area contributed by atoms with Gasteiger partial charge in [0, 0.05) is 17.0 Å². The van der Waals surface area contributed by atoms with E-state index < -0.39 is 5.63 Å². The van der Waals surface area contributed by atoms with Crippen molar-refractivity contribution in [2.24, 2.45) is 0 Å². The van der Waals surface area contributed by atoms with E-state index in [1.54, 1.807) is 6.07 Å². The van der Waals surface area contributed by atoms with Crippen LogP contribution in [0.15, 0.2) is 33.5 Å². The normalized spacial score (nSPS) is 10.4. The lowest BCUT2D eigenvalue weighted by Gasteiger charge is -1.99. The number of benzene rings is 1. The molecular formula is C11H8O3. The van der Waals surface area contributed by atoms with Crippen molar-refractivity contribution in [2.45, 2.75) is 6.92 Å². The zero-order chi connectivity index (χ0) is 10.1. The predicted octanol–water partition coefficient (Wildman–Crippen LogP) is 1.91. The summed E-state index contributed by atoms with van der Waals surface area (Å²) >= 11 is 0. The van der Waals surface area contributed by atoms with Crippen LogP contribution in [0.4, 0.5) is 0 Å². The first-order chi connectivity index (χ1) is 6.70. The van der Waals surface area contributed by atoms with Gasteiger partial charge in [0.2, 0.25) is 0 Å². The topological polar surface area (TPSA) is 47.3 Å². The van der Waals surface area contributed by atoms with E-state index in [2.05, 4.69) is 0 Å². The molecule has 3 heteroatoms. The molecule has 0 unspecified atom stereocenters. The summed E-state index contributed by atoms with van der Waals surface area (Å²) in [5.41, 5.74) is 1.35. The van der Waals surface area contributed by atoms with Crippen molar-refractivity contribution in [3.63, 3.8) is 0 Å². The van der Waals surface area contributed by atoms with E-state index in [1.807, 2.05) is 19.1 Å². The summed E-state index contributed by atoms with van der Waals surface area (Å²) < 4.78 is 4.94. The quantitative estimate of drug-likeness (QED) is 0.507. The maximum absolute atomic E-state index is 11.0. The monoisotopic (exact) mass is 188 g/mol. The highest BCUT2D eigenvalue weighted by atomic mass is 16.4. The molecule has 0 bridgehead atoms. The molecule has 0 saturated carbocycles. The fraction of sp³-hybridized carbons (Fsp3) is 0.0909. The summed E-state index contributed by atoms with van der Waals surface area (Å²) in [6, 6.07) is 6.55. The van der Waals surface area contributed by atoms with Crippen LogP contribution in [-0.4, -0.2) is 6.29 Å². The van der Waals surface area contributed by atoms with Crippen LogP contribution < -0.4 is 5.63 Å². The highest BCUT2D eigenvalue weighted by Gasteiger charge is 2.03. The number of fused-ring (bicyclic) bond motifs is 1. The second kappa shape index (κ2) is 3.10. The standard InChI is InChI=1S/C11H8O3/c1-7-2-3-10-9(4-7)8(6-12)5-11(13)14-10/h2-6H,1H3. The van der Waals surface area contributed by atoms with Crippen LogP contribution in [0.1, 0.15) is 15.9 Å². The molecule has 14 heavy (non-hydrogen) atoms. The molecule has 0 amide bonds. The molecule has 0 spiro atoms. The van der Waals surface area contributed by atoms with Gasteiger partial charge in [-0.15, -0.1) is 0 Å². The summed E-state index contributed by atoms with van der Waals surface area (Å²) in [5.74, 6) is 0. The van der Waals surface area contributed by atoms with Gasteiger partial charge in [-0.25, -0.2) is 4.79 Å². The third-order valence-electron chi connectivity index (χ3n) is 2.06. The molecule has 0 saturated heterocycles. The summed E-state index contributed by atoms with van der Waals surface area (Å²) in [6.07, 6.45) is 0.665. The molecule has 0 fully saturated rings. The van der Waals surface area contributed by atoms with Crippen LogP contribution in [0.2, 0.25) is 0 Å². The first-order valence-corrected chi connectivity index (χ1v) is 4.20. The Labute approximate surface area is 80.0 Å². The van der Waals surface area contributed by atoms with E-state index in [1.165, 1.54) is 6.07 Å². The number of aryl methyl sites for hydroxylation is 1. The average molecular weight is 188 g/mol. The Morgan fingerprint density at radius 1 is 1.29 bits per heavy atom. The van der Waals surface area contributed by atoms with Gasteiger partial charge in [0.15, 0.2) is 6.29 Å². The van der Waals surface area contributed by atoms with Crippen molar-refractivity contribution < 1.29 is 9.21 Å². The van der Waals surface area contributed by atoms with Gasteiger partial charge >= 0.3 is 5.63 Å². The smallest absolute Gasteiger partial charge is 0.336 e. The van der Waals surface area contributed by atoms with Crippen LogP contribution in [0.25, 0.3) is 11.0 Å². The summed E-state index contributed by atoms with van der Waals surface area (Å²) in [4.78, 5) is 21.7. The molecule has 0 aliphatic heterocycles. The number of hydrogen-bond acceptors (Lipinski definition) is 3. The molecule has 2 aromatic rings. The second-order valence-electron chi connectivity index (χ2n) is 3.14. The van der Waals surface area contributed by atoms with Gasteiger partial charge in [0.05, 0.1) is 0 Å². The molecule has 1 aromatic heterocycles. The third-order valence-corrected chi connectivity index (χ3v) is 2.06. The van der Waals surface area contributed by atoms with Crippen LogP contribution in [0.5, 0.6) is 0 Å². The second-order valence-corrected chi connectivity index (χ2v) is 3.14. The van der Waals surface area contributed by atoms with Crippen LogP contribution in [-0.2, 0) is 0 Å². The van der Waals surface area contributed by atoms with Gasteiger partial charge in [-0.05, 0) is 19.1 Å². The Morgan fingerprint density at radius 3 is 2.79 bits per heavy atom. The molecule has 1 aromatic carbocycles. The fourth-order valence-electron chi connectivity index (χ4n) is 1.40. The SMILES string of the molecule is Cc1ccc2oc(=O)cc(C=O)c2c1. The predicted molar refractivity (Wildman–Crippen MR) is 52.6 cm³/mol. The lowest BCUT2D eigenvalue weighted by molar-refractivity contribution is 0.112. The third kappa shape index (κ3) is 1.33. The van der Waals surface area contributed by atoms with Gasteiger partial charge in [-0.2, -0.15) is 0 Å². The molecule has 0 aliphatic rings. The maximum Gasteiger partial charge on any atom is 0.336 e. The molecule has 0 radical (unpaired) electrons. The highest BCUT2D eigenvalue weighted by molar-refractivity contribution is 5.95. The highest BCUT2D eigenvalue weighted by Crippen LogP contribution is 2.16. The molecule has 0 atom stereocenters. The van der Waals surface area contributed by atoms with Crippen molar-refractivity contribution in [3.8, 4) is 0 Å². The maximum atomic E-state index is 11.0. The molecule has 0 N–H and O–H groups in total. The van der Waals surface area contributed by atoms with Gasteiger partial charge in [0.25, 0.3) is 0 Å². The summed E-state index contributed by atoms with van der Waals surface area (Å²) in [5, 5.41) is 0.680. The minimum atomic E-state index is -0.497. The molecule has 70 valence electrons.